The van der Waals surface area contributed by atoms with Crippen LogP contribution in [0.5, 0.6) is 0 Å². The number of carbonyl (C=O) groups excluding carboxylic acids is 2. The molecule has 1 saturated carbocycles. The third kappa shape index (κ3) is 2.84. The zero-order valence-corrected chi connectivity index (χ0v) is 11.8. The maximum atomic E-state index is 12.1. The molecule has 2 aliphatic rings. The van der Waals surface area contributed by atoms with Crippen molar-refractivity contribution in [3.8, 4) is 0 Å². The van der Waals surface area contributed by atoms with Crippen LogP contribution in [0.15, 0.2) is 24.3 Å². The Hall–Kier alpha value is -1.84. The lowest BCUT2D eigenvalue weighted by atomic mass is 10.1. The van der Waals surface area contributed by atoms with Gasteiger partial charge in [-0.25, -0.2) is 0 Å². The zero-order valence-electron chi connectivity index (χ0n) is 11.8. The smallest absolute Gasteiger partial charge is 0.251 e. The Morgan fingerprint density at radius 3 is 2.50 bits per heavy atom. The minimum Gasteiger partial charge on any atom is -0.347 e. The van der Waals surface area contributed by atoms with E-state index in [1.165, 1.54) is 0 Å². The predicted molar refractivity (Wildman–Crippen MR) is 76.4 cm³/mol. The van der Waals surface area contributed by atoms with Gasteiger partial charge in [0, 0.05) is 30.6 Å². The van der Waals surface area contributed by atoms with Crippen molar-refractivity contribution < 1.29 is 9.59 Å². The van der Waals surface area contributed by atoms with Gasteiger partial charge < -0.3 is 10.2 Å². The number of rotatable bonds is 3. The fourth-order valence-electron chi connectivity index (χ4n) is 2.64. The van der Waals surface area contributed by atoms with Crippen molar-refractivity contribution in [2.45, 2.75) is 32.2 Å². The summed E-state index contributed by atoms with van der Waals surface area (Å²) in [6.45, 7) is 3.43. The van der Waals surface area contributed by atoms with Crippen molar-refractivity contribution in [2.75, 3.05) is 13.1 Å². The first-order valence-electron chi connectivity index (χ1n) is 7.30. The second-order valence-electron chi connectivity index (χ2n) is 5.88. The number of nitrogens with zero attached hydrogens (tertiary/aromatic N) is 1. The first-order chi connectivity index (χ1) is 9.63. The van der Waals surface area contributed by atoms with Gasteiger partial charge in [-0.05, 0) is 38.3 Å². The lowest BCUT2D eigenvalue weighted by Crippen LogP contribution is -2.38. The third-order valence-corrected chi connectivity index (χ3v) is 4.08. The lowest BCUT2D eigenvalue weighted by Gasteiger charge is -2.17. The Morgan fingerprint density at radius 2 is 1.85 bits per heavy atom. The molecular weight excluding hydrogens is 252 g/mol. The van der Waals surface area contributed by atoms with Crippen LogP contribution < -0.4 is 5.32 Å². The number of likely N-dealkylation sites (tertiary alicyclic amines) is 1. The van der Waals surface area contributed by atoms with Gasteiger partial charge in [-0.2, -0.15) is 0 Å². The summed E-state index contributed by atoms with van der Waals surface area (Å²) < 4.78 is 0. The van der Waals surface area contributed by atoms with Crippen LogP contribution in [0.2, 0.25) is 0 Å². The summed E-state index contributed by atoms with van der Waals surface area (Å²) in [6.07, 6.45) is 2.93. The molecule has 3 rings (SSSR count). The van der Waals surface area contributed by atoms with Gasteiger partial charge in [0.25, 0.3) is 5.91 Å². The summed E-state index contributed by atoms with van der Waals surface area (Å²) in [5.41, 5.74) is 1.83. The van der Waals surface area contributed by atoms with Crippen LogP contribution in [-0.4, -0.2) is 35.8 Å². The standard InChI is InChI=1S/C16H20N2O2/c1-11-2-4-12(5-3-11)15(19)17-14-8-9-18(10-14)16(20)13-6-7-13/h2-5,13-14H,6-10H2,1H3,(H,17,19). The summed E-state index contributed by atoms with van der Waals surface area (Å²) >= 11 is 0. The van der Waals surface area contributed by atoms with E-state index < -0.39 is 0 Å². The number of carbonyl (C=O) groups is 2. The lowest BCUT2D eigenvalue weighted by molar-refractivity contribution is -0.131. The highest BCUT2D eigenvalue weighted by molar-refractivity contribution is 5.94. The van der Waals surface area contributed by atoms with Crippen LogP contribution in [0.25, 0.3) is 0 Å². The van der Waals surface area contributed by atoms with E-state index >= 15 is 0 Å². The van der Waals surface area contributed by atoms with E-state index in [4.69, 9.17) is 0 Å². The van der Waals surface area contributed by atoms with Crippen LogP contribution in [0.1, 0.15) is 35.2 Å². The molecule has 4 nitrogen and oxygen atoms in total. The molecule has 0 aromatic heterocycles. The topological polar surface area (TPSA) is 49.4 Å². The third-order valence-electron chi connectivity index (χ3n) is 4.08. The van der Waals surface area contributed by atoms with Gasteiger partial charge in [0.2, 0.25) is 5.91 Å². The van der Waals surface area contributed by atoms with E-state index in [1.807, 2.05) is 36.1 Å². The highest BCUT2D eigenvalue weighted by Crippen LogP contribution is 2.32. The molecule has 106 valence electrons. The molecule has 20 heavy (non-hydrogen) atoms. The van der Waals surface area contributed by atoms with Crippen LogP contribution in [0.3, 0.4) is 0 Å². The van der Waals surface area contributed by atoms with Gasteiger partial charge >= 0.3 is 0 Å². The van der Waals surface area contributed by atoms with E-state index in [0.717, 1.165) is 31.4 Å². The normalized spacial score (nSPS) is 21.9. The van der Waals surface area contributed by atoms with Crippen molar-refractivity contribution >= 4 is 11.8 Å². The van der Waals surface area contributed by atoms with Crippen molar-refractivity contribution in [1.29, 1.82) is 0 Å². The molecule has 1 aliphatic heterocycles. The molecule has 0 bridgehead atoms. The molecule has 1 N–H and O–H groups in total. The highest BCUT2D eigenvalue weighted by Gasteiger charge is 2.36. The quantitative estimate of drug-likeness (QED) is 0.911. The van der Waals surface area contributed by atoms with E-state index in [9.17, 15) is 9.59 Å². The van der Waals surface area contributed by atoms with E-state index in [0.29, 0.717) is 12.1 Å². The molecule has 1 atom stereocenters. The molecule has 2 amide bonds. The molecule has 4 heteroatoms. The number of benzene rings is 1. The fraction of sp³-hybridized carbons (Fsp3) is 0.500. The summed E-state index contributed by atoms with van der Waals surface area (Å²) in [5, 5.41) is 3.03. The van der Waals surface area contributed by atoms with E-state index in [1.54, 1.807) is 0 Å². The summed E-state index contributed by atoms with van der Waals surface area (Å²) in [7, 11) is 0. The number of aryl methyl sites for hydroxylation is 1. The molecule has 1 aliphatic carbocycles. The molecule has 1 saturated heterocycles. The van der Waals surface area contributed by atoms with Gasteiger partial charge in [0.05, 0.1) is 0 Å². The fourth-order valence-corrected chi connectivity index (χ4v) is 2.64. The molecular formula is C16H20N2O2. The molecule has 2 fully saturated rings. The van der Waals surface area contributed by atoms with Crippen LogP contribution in [0.4, 0.5) is 0 Å². The average Bonchev–Trinajstić information content (AvgIpc) is 3.19. The molecule has 0 spiro atoms. The van der Waals surface area contributed by atoms with Gasteiger partial charge in [-0.1, -0.05) is 17.7 Å². The van der Waals surface area contributed by atoms with E-state index in [-0.39, 0.29) is 23.8 Å². The zero-order chi connectivity index (χ0) is 14.1. The minimum atomic E-state index is -0.0456. The van der Waals surface area contributed by atoms with Crippen molar-refractivity contribution in [1.82, 2.24) is 10.2 Å². The number of hydrogen-bond donors (Lipinski definition) is 1. The second-order valence-corrected chi connectivity index (χ2v) is 5.88. The maximum absolute atomic E-state index is 12.1. The first-order valence-corrected chi connectivity index (χ1v) is 7.30. The SMILES string of the molecule is Cc1ccc(C(=O)NC2CCN(C(=O)C3CC3)C2)cc1. The number of nitrogens with one attached hydrogen (secondary N) is 1. The molecule has 1 heterocycles. The molecule has 0 radical (unpaired) electrons. The number of hydrogen-bond acceptors (Lipinski definition) is 2. The molecule has 1 aromatic carbocycles. The Balaban J connectivity index is 1.54. The monoisotopic (exact) mass is 272 g/mol. The van der Waals surface area contributed by atoms with Gasteiger partial charge in [0.1, 0.15) is 0 Å². The second kappa shape index (κ2) is 5.27. The Morgan fingerprint density at radius 1 is 1.15 bits per heavy atom. The van der Waals surface area contributed by atoms with Crippen molar-refractivity contribution in [2.24, 2.45) is 5.92 Å². The summed E-state index contributed by atoms with van der Waals surface area (Å²) in [6, 6.07) is 7.64. The van der Waals surface area contributed by atoms with Crippen molar-refractivity contribution in [3.05, 3.63) is 35.4 Å². The van der Waals surface area contributed by atoms with Crippen molar-refractivity contribution in [3.63, 3.8) is 0 Å². The molecule has 1 aromatic rings. The number of amides is 2. The van der Waals surface area contributed by atoms with Crippen LogP contribution in [-0.2, 0) is 4.79 Å². The van der Waals surface area contributed by atoms with Gasteiger partial charge in [0.15, 0.2) is 0 Å². The minimum absolute atomic E-state index is 0.0456. The predicted octanol–water partition coefficient (Wildman–Crippen LogP) is 1.74. The van der Waals surface area contributed by atoms with E-state index in [2.05, 4.69) is 5.32 Å². The van der Waals surface area contributed by atoms with Crippen LogP contribution >= 0.6 is 0 Å². The first kappa shape index (κ1) is 13.2. The molecule has 1 unspecified atom stereocenters. The average molecular weight is 272 g/mol. The largest absolute Gasteiger partial charge is 0.347 e. The Labute approximate surface area is 119 Å². The summed E-state index contributed by atoms with van der Waals surface area (Å²) in [5.74, 6) is 0.495. The van der Waals surface area contributed by atoms with Crippen LogP contribution in [0, 0.1) is 12.8 Å². The Kier molecular flexibility index (Phi) is 3.47. The Bertz CT molecular complexity index is 520. The summed E-state index contributed by atoms with van der Waals surface area (Å²) in [4.78, 5) is 26.0. The highest BCUT2D eigenvalue weighted by atomic mass is 16.2. The van der Waals surface area contributed by atoms with Gasteiger partial charge in [-0.15, -0.1) is 0 Å². The maximum Gasteiger partial charge on any atom is 0.251 e. The van der Waals surface area contributed by atoms with Gasteiger partial charge in [-0.3, -0.25) is 9.59 Å².